The minimum absolute atomic E-state index is 0.145. The molecule has 3 heterocycles. The molecule has 2 bridgehead atoms. The quantitative estimate of drug-likeness (QED) is 0.501. The Kier molecular flexibility index (Phi) is 7.38. The summed E-state index contributed by atoms with van der Waals surface area (Å²) >= 11 is 0. The molecule has 4 atom stereocenters. The van der Waals surface area contributed by atoms with Gasteiger partial charge < -0.3 is 24.5 Å². The van der Waals surface area contributed by atoms with Gasteiger partial charge in [0.2, 0.25) is 0 Å². The Morgan fingerprint density at radius 3 is 2.50 bits per heavy atom. The van der Waals surface area contributed by atoms with Crippen molar-refractivity contribution < 1.29 is 19.0 Å². The van der Waals surface area contributed by atoms with Crippen molar-refractivity contribution in [3.05, 3.63) is 52.8 Å². The summed E-state index contributed by atoms with van der Waals surface area (Å²) in [4.78, 5) is 19.9. The number of allylic oxidation sites excluding steroid dienone is 5. The lowest BCUT2D eigenvalue weighted by Gasteiger charge is -2.46. The smallest absolute Gasteiger partial charge is 0.291 e. The molecule has 4 aliphatic rings. The molecular formula is C30H40N4O4. The molecule has 0 radical (unpaired) electrons. The molecule has 0 aromatic carbocycles. The lowest BCUT2D eigenvalue weighted by molar-refractivity contribution is -0.196. The van der Waals surface area contributed by atoms with Gasteiger partial charge in [-0.3, -0.25) is 4.79 Å². The van der Waals surface area contributed by atoms with Crippen LogP contribution in [0.15, 0.2) is 41.3 Å². The van der Waals surface area contributed by atoms with E-state index in [2.05, 4.69) is 47.4 Å². The summed E-state index contributed by atoms with van der Waals surface area (Å²) < 4.78 is 17.9. The van der Waals surface area contributed by atoms with Crippen molar-refractivity contribution in [1.29, 1.82) is 5.26 Å². The van der Waals surface area contributed by atoms with E-state index >= 15 is 0 Å². The van der Waals surface area contributed by atoms with E-state index in [1.165, 1.54) is 17.3 Å². The Balaban J connectivity index is 1.42. The lowest BCUT2D eigenvalue weighted by atomic mass is 9.70. The van der Waals surface area contributed by atoms with Crippen molar-refractivity contribution in [2.75, 3.05) is 27.4 Å². The van der Waals surface area contributed by atoms with Crippen LogP contribution in [0.25, 0.3) is 0 Å². The fourth-order valence-electron chi connectivity index (χ4n) is 6.99. The molecule has 1 aromatic rings. The number of carbonyl (C=O) groups is 1. The first-order valence-electron chi connectivity index (χ1n) is 13.8. The van der Waals surface area contributed by atoms with Crippen molar-refractivity contribution in [2.24, 2.45) is 17.3 Å². The van der Waals surface area contributed by atoms with Gasteiger partial charge in [0.05, 0.1) is 24.4 Å². The average Bonchev–Trinajstić information content (AvgIpc) is 3.47. The lowest BCUT2D eigenvalue weighted by Crippen LogP contribution is -2.50. The third-order valence-corrected chi connectivity index (χ3v) is 8.95. The molecule has 1 aromatic heterocycles. The first kappa shape index (κ1) is 26.9. The highest BCUT2D eigenvalue weighted by Gasteiger charge is 2.56. The van der Waals surface area contributed by atoms with Gasteiger partial charge in [-0.15, -0.1) is 0 Å². The van der Waals surface area contributed by atoms with E-state index in [0.29, 0.717) is 25.0 Å². The zero-order valence-electron chi connectivity index (χ0n) is 23.1. The number of hydrogen-bond acceptors (Lipinski definition) is 6. The normalized spacial score (nSPS) is 32.1. The number of amides is 1. The Hall–Kier alpha value is -2.73. The summed E-state index contributed by atoms with van der Waals surface area (Å²) in [6.07, 6.45) is 16.1. The molecule has 5 rings (SSSR count). The molecule has 204 valence electrons. The monoisotopic (exact) mass is 520 g/mol. The number of aromatic nitrogens is 2. The van der Waals surface area contributed by atoms with E-state index in [4.69, 9.17) is 19.5 Å². The minimum Gasteiger partial charge on any atom is -0.382 e. The first-order valence-corrected chi connectivity index (χ1v) is 13.8. The number of fused-ring (bicyclic) bond motifs is 2. The van der Waals surface area contributed by atoms with Crippen LogP contribution in [0.3, 0.4) is 0 Å². The van der Waals surface area contributed by atoms with Crippen molar-refractivity contribution in [2.45, 2.75) is 76.4 Å². The predicted octanol–water partition coefficient (Wildman–Crippen LogP) is 4.97. The zero-order chi connectivity index (χ0) is 27.0. The van der Waals surface area contributed by atoms with Crippen LogP contribution in [0, 0.1) is 28.6 Å². The van der Waals surface area contributed by atoms with Crippen LogP contribution in [0.1, 0.15) is 81.5 Å². The minimum atomic E-state index is -0.332. The number of hydrogen-bond donors (Lipinski definition) is 2. The fraction of sp³-hybridized carbons (Fsp3) is 0.633. The molecule has 2 aliphatic heterocycles. The second kappa shape index (κ2) is 10.4. The van der Waals surface area contributed by atoms with Gasteiger partial charge in [0.1, 0.15) is 6.07 Å². The number of carbonyl (C=O) groups excluding carboxylic acids is 1. The van der Waals surface area contributed by atoms with Crippen LogP contribution in [0.5, 0.6) is 0 Å². The number of imidazole rings is 1. The van der Waals surface area contributed by atoms with E-state index in [9.17, 15) is 4.79 Å². The van der Waals surface area contributed by atoms with Gasteiger partial charge in [-0.25, -0.2) is 4.98 Å². The zero-order valence-corrected chi connectivity index (χ0v) is 23.1. The molecule has 0 saturated carbocycles. The number of ether oxygens (including phenoxy) is 3. The van der Waals surface area contributed by atoms with Crippen molar-refractivity contribution in [1.82, 2.24) is 15.3 Å². The van der Waals surface area contributed by atoms with Crippen LogP contribution >= 0.6 is 0 Å². The van der Waals surface area contributed by atoms with E-state index in [-0.39, 0.29) is 34.0 Å². The maximum atomic E-state index is 13.0. The Morgan fingerprint density at radius 2 is 1.92 bits per heavy atom. The van der Waals surface area contributed by atoms with Crippen LogP contribution in [0.2, 0.25) is 0 Å². The molecule has 1 amide bonds. The Bertz CT molecular complexity index is 1180. The van der Waals surface area contributed by atoms with Gasteiger partial charge in [-0.2, -0.15) is 5.26 Å². The number of rotatable bonds is 8. The molecule has 0 spiro atoms. The number of nitrogens with zero attached hydrogens (tertiary/aromatic N) is 2. The molecule has 38 heavy (non-hydrogen) atoms. The molecule has 8 nitrogen and oxygen atoms in total. The number of H-pyrrole nitrogens is 1. The van der Waals surface area contributed by atoms with Gasteiger partial charge in [0.25, 0.3) is 5.91 Å². The highest BCUT2D eigenvalue weighted by molar-refractivity contribution is 5.92. The van der Waals surface area contributed by atoms with Crippen LogP contribution in [0.4, 0.5) is 0 Å². The van der Waals surface area contributed by atoms with E-state index in [0.717, 1.165) is 57.1 Å². The second-order valence-electron chi connectivity index (χ2n) is 12.4. The Morgan fingerprint density at radius 1 is 1.21 bits per heavy atom. The van der Waals surface area contributed by atoms with Gasteiger partial charge in [0.15, 0.2) is 11.5 Å². The summed E-state index contributed by atoms with van der Waals surface area (Å²) in [5, 5.41) is 12.2. The summed E-state index contributed by atoms with van der Waals surface area (Å²) in [6, 6.07) is 1.97. The first-order chi connectivity index (χ1) is 18.2. The second-order valence-corrected chi connectivity index (χ2v) is 12.4. The van der Waals surface area contributed by atoms with Crippen molar-refractivity contribution >= 4 is 5.91 Å². The maximum absolute atomic E-state index is 13.0. The topological polar surface area (TPSA) is 109 Å². The SMILES string of the molecule is COC[C@@]12CC[C@@](COC)(C[C@@H](C3C=CC(NC(=O)c4nc(C#N)c[nH]4)=C(C4=CCC(C)(C)CC4)C3)C1)O2. The van der Waals surface area contributed by atoms with Crippen LogP contribution in [-0.4, -0.2) is 54.5 Å². The average molecular weight is 521 g/mol. The molecule has 2 aliphatic carbocycles. The van der Waals surface area contributed by atoms with Gasteiger partial charge in [0, 0.05) is 26.1 Å². The van der Waals surface area contributed by atoms with Gasteiger partial charge in [-0.1, -0.05) is 26.0 Å². The van der Waals surface area contributed by atoms with Gasteiger partial charge in [-0.05, 0) is 85.8 Å². The predicted molar refractivity (Wildman–Crippen MR) is 143 cm³/mol. The summed E-state index contributed by atoms with van der Waals surface area (Å²) in [5.74, 6) is 0.585. The summed E-state index contributed by atoms with van der Waals surface area (Å²) in [6.45, 7) is 5.83. The number of nitriles is 1. The van der Waals surface area contributed by atoms with Crippen molar-refractivity contribution in [3.8, 4) is 6.07 Å². The largest absolute Gasteiger partial charge is 0.382 e. The number of methoxy groups -OCH3 is 2. The van der Waals surface area contributed by atoms with Crippen molar-refractivity contribution in [3.63, 3.8) is 0 Å². The van der Waals surface area contributed by atoms with Crippen LogP contribution < -0.4 is 5.32 Å². The maximum Gasteiger partial charge on any atom is 0.291 e. The summed E-state index contributed by atoms with van der Waals surface area (Å²) in [5.41, 5.74) is 3.36. The molecule has 1 unspecified atom stereocenters. The van der Waals surface area contributed by atoms with E-state index in [1.54, 1.807) is 14.2 Å². The highest BCUT2D eigenvalue weighted by Crippen LogP contribution is 2.54. The molecular weight excluding hydrogens is 480 g/mol. The molecule has 2 N–H and O–H groups in total. The standard InChI is InChI=1S/C30H40N4O4/c1-28(2)9-7-20(8-10-28)24-13-21(5-6-25(24)34-27(35)26-32-17-23(16-31)33-26)22-14-29(18-36-3)11-12-30(15-22,38-29)19-37-4/h5-7,17,21-22H,8-15,18-19H2,1-4H3,(H,32,33)(H,34,35)/t21?,22-,29+,30-. The summed E-state index contributed by atoms with van der Waals surface area (Å²) in [7, 11) is 3.51. The highest BCUT2D eigenvalue weighted by atomic mass is 16.6. The third-order valence-electron chi connectivity index (χ3n) is 8.95. The van der Waals surface area contributed by atoms with Gasteiger partial charge >= 0.3 is 0 Å². The molecule has 2 saturated heterocycles. The Labute approximate surface area is 225 Å². The fourth-order valence-corrected chi connectivity index (χ4v) is 6.99. The molecule has 2 fully saturated rings. The third kappa shape index (κ3) is 5.38. The number of nitrogens with one attached hydrogen (secondary N) is 2. The number of aromatic amines is 1. The van der Waals surface area contributed by atoms with E-state index < -0.39 is 0 Å². The molecule has 8 heteroatoms. The van der Waals surface area contributed by atoms with Crippen LogP contribution in [-0.2, 0) is 14.2 Å². The van der Waals surface area contributed by atoms with E-state index in [1.807, 2.05) is 6.07 Å².